The lowest BCUT2D eigenvalue weighted by Gasteiger charge is -2.53. The van der Waals surface area contributed by atoms with Crippen LogP contribution in [0.25, 0.3) is 0 Å². The van der Waals surface area contributed by atoms with Crippen LogP contribution in [0.4, 0.5) is 0 Å². The molecule has 0 saturated carbocycles. The predicted octanol–water partition coefficient (Wildman–Crippen LogP) is 1.12. The molecule has 0 aliphatic carbocycles. The van der Waals surface area contributed by atoms with Gasteiger partial charge in [-0.1, -0.05) is 13.8 Å². The average Bonchev–Trinajstić information content (AvgIpc) is 2.01. The van der Waals surface area contributed by atoms with Gasteiger partial charge in [-0.2, -0.15) is 0 Å². The Labute approximate surface area is 68.5 Å². The third-order valence-corrected chi connectivity index (χ3v) is 2.68. The Hall–Kier alpha value is -0.0800. The first kappa shape index (κ1) is 7.56. The van der Waals surface area contributed by atoms with Gasteiger partial charge < -0.3 is 4.74 Å². The maximum Gasteiger partial charge on any atom is 0.0623 e. The molecule has 0 amide bonds. The van der Waals surface area contributed by atoms with E-state index in [0.717, 1.165) is 31.2 Å². The molecule has 2 bridgehead atoms. The molecule has 3 heterocycles. The second kappa shape index (κ2) is 2.76. The molecule has 64 valence electrons. The van der Waals surface area contributed by atoms with Crippen molar-refractivity contribution in [3.8, 4) is 0 Å². The molecule has 0 aromatic rings. The van der Waals surface area contributed by atoms with Crippen LogP contribution in [-0.2, 0) is 4.74 Å². The third-order valence-electron chi connectivity index (χ3n) is 2.68. The molecule has 0 N–H and O–H groups in total. The summed E-state index contributed by atoms with van der Waals surface area (Å²) < 4.78 is 5.40. The number of morpholine rings is 1. The zero-order valence-electron chi connectivity index (χ0n) is 7.42. The lowest BCUT2D eigenvalue weighted by molar-refractivity contribution is -0.130. The van der Waals surface area contributed by atoms with Crippen molar-refractivity contribution in [3.05, 3.63) is 0 Å². The van der Waals surface area contributed by atoms with E-state index in [9.17, 15) is 0 Å². The van der Waals surface area contributed by atoms with E-state index < -0.39 is 0 Å². The largest absolute Gasteiger partial charge is 0.378 e. The Kier molecular flexibility index (Phi) is 1.90. The van der Waals surface area contributed by atoms with Crippen LogP contribution in [0.15, 0.2) is 0 Å². The van der Waals surface area contributed by atoms with E-state index in [1.807, 2.05) is 0 Å². The zero-order valence-corrected chi connectivity index (χ0v) is 7.42. The third kappa shape index (κ3) is 1.30. The minimum Gasteiger partial charge on any atom is -0.378 e. The molecule has 3 saturated heterocycles. The van der Waals surface area contributed by atoms with Gasteiger partial charge in [0.15, 0.2) is 0 Å². The standard InChI is InChI=1S/C9H17NO/c1-7(2)4-10-8-3-9(10)6-11-5-8/h7-9H,3-6H2,1-2H3. The summed E-state index contributed by atoms with van der Waals surface area (Å²) in [4.78, 5) is 2.61. The summed E-state index contributed by atoms with van der Waals surface area (Å²) >= 11 is 0. The minimum absolute atomic E-state index is 0.760. The van der Waals surface area contributed by atoms with Gasteiger partial charge in [-0.05, 0) is 12.3 Å². The van der Waals surface area contributed by atoms with Gasteiger partial charge in [0.25, 0.3) is 0 Å². The van der Waals surface area contributed by atoms with E-state index >= 15 is 0 Å². The fourth-order valence-corrected chi connectivity index (χ4v) is 2.13. The molecule has 2 atom stereocenters. The highest BCUT2D eigenvalue weighted by molar-refractivity contribution is 4.95. The number of rotatable bonds is 2. The maximum absolute atomic E-state index is 5.40. The average molecular weight is 155 g/mol. The topological polar surface area (TPSA) is 12.5 Å². The molecule has 3 aliphatic heterocycles. The number of nitrogens with zero attached hydrogens (tertiary/aromatic N) is 1. The summed E-state index contributed by atoms with van der Waals surface area (Å²) in [6, 6.07) is 1.52. The molecule has 2 nitrogen and oxygen atoms in total. The van der Waals surface area contributed by atoms with E-state index in [-0.39, 0.29) is 0 Å². The van der Waals surface area contributed by atoms with Crippen molar-refractivity contribution in [1.29, 1.82) is 0 Å². The monoisotopic (exact) mass is 155 g/mol. The van der Waals surface area contributed by atoms with E-state index in [0.29, 0.717) is 0 Å². The molecule has 2 unspecified atom stereocenters. The first-order valence-electron chi connectivity index (χ1n) is 4.61. The summed E-state index contributed by atoms with van der Waals surface area (Å²) in [6.45, 7) is 7.79. The van der Waals surface area contributed by atoms with Gasteiger partial charge in [-0.3, -0.25) is 4.90 Å². The van der Waals surface area contributed by atoms with Crippen LogP contribution in [0.1, 0.15) is 20.3 Å². The van der Waals surface area contributed by atoms with Gasteiger partial charge in [0.2, 0.25) is 0 Å². The summed E-state index contributed by atoms with van der Waals surface area (Å²) in [6.07, 6.45) is 1.38. The molecule has 0 aromatic carbocycles. The highest BCUT2D eigenvalue weighted by Gasteiger charge is 2.41. The van der Waals surface area contributed by atoms with Crippen molar-refractivity contribution in [2.45, 2.75) is 32.4 Å². The van der Waals surface area contributed by atoms with Gasteiger partial charge in [-0.15, -0.1) is 0 Å². The Morgan fingerprint density at radius 2 is 2.00 bits per heavy atom. The van der Waals surface area contributed by atoms with Gasteiger partial charge in [0, 0.05) is 18.6 Å². The van der Waals surface area contributed by atoms with Crippen molar-refractivity contribution in [2.24, 2.45) is 5.92 Å². The van der Waals surface area contributed by atoms with Crippen molar-refractivity contribution >= 4 is 0 Å². The quantitative estimate of drug-likeness (QED) is 0.592. The predicted molar refractivity (Wildman–Crippen MR) is 44.6 cm³/mol. The SMILES string of the molecule is CC(C)CN1C2COCC1C2. The van der Waals surface area contributed by atoms with E-state index in [4.69, 9.17) is 4.74 Å². The highest BCUT2D eigenvalue weighted by atomic mass is 16.5. The van der Waals surface area contributed by atoms with E-state index in [1.165, 1.54) is 13.0 Å². The number of hydrogen-bond acceptors (Lipinski definition) is 2. The number of ether oxygens (including phenoxy) is 1. The van der Waals surface area contributed by atoms with E-state index in [2.05, 4.69) is 18.7 Å². The van der Waals surface area contributed by atoms with Crippen molar-refractivity contribution < 1.29 is 4.74 Å². The maximum atomic E-state index is 5.40. The summed E-state index contributed by atoms with van der Waals surface area (Å²) in [7, 11) is 0. The molecule has 3 aliphatic rings. The number of fused-ring (bicyclic) bond motifs is 2. The Balaban J connectivity index is 1.86. The molecular formula is C9H17NO. The second-order valence-electron chi connectivity index (χ2n) is 4.17. The van der Waals surface area contributed by atoms with Crippen LogP contribution < -0.4 is 0 Å². The fraction of sp³-hybridized carbons (Fsp3) is 1.00. The van der Waals surface area contributed by atoms with Crippen LogP contribution >= 0.6 is 0 Å². The Morgan fingerprint density at radius 1 is 1.36 bits per heavy atom. The van der Waals surface area contributed by atoms with Gasteiger partial charge >= 0.3 is 0 Å². The lowest BCUT2D eigenvalue weighted by atomic mass is 9.90. The molecular weight excluding hydrogens is 138 g/mol. The smallest absolute Gasteiger partial charge is 0.0623 e. The summed E-state index contributed by atoms with van der Waals surface area (Å²) in [5.41, 5.74) is 0. The number of hydrogen-bond donors (Lipinski definition) is 0. The summed E-state index contributed by atoms with van der Waals surface area (Å²) in [5, 5.41) is 0. The molecule has 3 rings (SSSR count). The van der Waals surface area contributed by atoms with Crippen molar-refractivity contribution in [1.82, 2.24) is 4.90 Å². The van der Waals surface area contributed by atoms with Gasteiger partial charge in [0.05, 0.1) is 13.2 Å². The molecule has 0 aromatic heterocycles. The Morgan fingerprint density at radius 3 is 2.45 bits per heavy atom. The second-order valence-corrected chi connectivity index (χ2v) is 4.17. The molecule has 11 heavy (non-hydrogen) atoms. The van der Waals surface area contributed by atoms with Crippen LogP contribution in [0, 0.1) is 5.92 Å². The van der Waals surface area contributed by atoms with Gasteiger partial charge in [0.1, 0.15) is 0 Å². The molecule has 3 fully saturated rings. The first-order chi connectivity index (χ1) is 5.27. The van der Waals surface area contributed by atoms with Crippen molar-refractivity contribution in [3.63, 3.8) is 0 Å². The highest BCUT2D eigenvalue weighted by Crippen LogP contribution is 2.31. The van der Waals surface area contributed by atoms with Crippen LogP contribution in [0.5, 0.6) is 0 Å². The van der Waals surface area contributed by atoms with Crippen molar-refractivity contribution in [2.75, 3.05) is 19.8 Å². The fourth-order valence-electron chi connectivity index (χ4n) is 2.13. The lowest BCUT2D eigenvalue weighted by Crippen LogP contribution is -2.64. The minimum atomic E-state index is 0.760. The zero-order chi connectivity index (χ0) is 7.84. The Bertz CT molecular complexity index is 132. The molecule has 2 heteroatoms. The summed E-state index contributed by atoms with van der Waals surface area (Å²) in [5.74, 6) is 0.804. The van der Waals surface area contributed by atoms with Crippen LogP contribution in [0.3, 0.4) is 0 Å². The van der Waals surface area contributed by atoms with Crippen LogP contribution in [0.2, 0.25) is 0 Å². The molecule has 0 radical (unpaired) electrons. The van der Waals surface area contributed by atoms with Gasteiger partial charge in [-0.25, -0.2) is 0 Å². The molecule has 0 spiro atoms. The first-order valence-corrected chi connectivity index (χ1v) is 4.61. The normalized spacial score (nSPS) is 37.4. The van der Waals surface area contributed by atoms with E-state index in [1.54, 1.807) is 0 Å². The van der Waals surface area contributed by atoms with Crippen LogP contribution in [-0.4, -0.2) is 36.7 Å².